The van der Waals surface area contributed by atoms with Gasteiger partial charge in [0.25, 0.3) is 0 Å². The molecule has 0 radical (unpaired) electrons. The van der Waals surface area contributed by atoms with Crippen LogP contribution in [0.4, 0.5) is 0 Å². The van der Waals surface area contributed by atoms with Gasteiger partial charge in [0.05, 0.1) is 10.7 Å². The van der Waals surface area contributed by atoms with Gasteiger partial charge >= 0.3 is 5.97 Å². The number of carbonyl (C=O) groups is 1. The van der Waals surface area contributed by atoms with Crippen molar-refractivity contribution in [1.82, 2.24) is 0 Å². The molecular weight excluding hydrogens is 375 g/mol. The minimum absolute atomic E-state index is 0.384. The van der Waals surface area contributed by atoms with Gasteiger partial charge < -0.3 is 9.47 Å². The Balaban J connectivity index is 2.80. The van der Waals surface area contributed by atoms with Crippen molar-refractivity contribution in [1.29, 1.82) is 0 Å². The molecule has 1 aromatic carbocycles. The first kappa shape index (κ1) is 12.8. The van der Waals surface area contributed by atoms with Gasteiger partial charge in [0, 0.05) is 4.47 Å². The summed E-state index contributed by atoms with van der Waals surface area (Å²) in [5.74, 6) is 0.286. The van der Waals surface area contributed by atoms with E-state index in [9.17, 15) is 4.79 Å². The van der Waals surface area contributed by atoms with Crippen LogP contribution in [0.25, 0.3) is 0 Å². The maximum Gasteiger partial charge on any atom is 0.346 e. The summed E-state index contributed by atoms with van der Waals surface area (Å²) < 4.78 is 11.9. The molecule has 0 amide bonds. The van der Waals surface area contributed by atoms with Crippen molar-refractivity contribution in [3.63, 3.8) is 0 Å². The molecule has 0 saturated heterocycles. The van der Waals surface area contributed by atoms with E-state index >= 15 is 0 Å². The van der Waals surface area contributed by atoms with Gasteiger partial charge in [0.15, 0.2) is 6.10 Å². The first-order valence-corrected chi connectivity index (χ1v) is 6.11. The highest BCUT2D eigenvalue weighted by molar-refractivity contribution is 14.1. The quantitative estimate of drug-likeness (QED) is 0.593. The number of methoxy groups -OCH3 is 1. The lowest BCUT2D eigenvalue weighted by molar-refractivity contribution is -0.147. The summed E-state index contributed by atoms with van der Waals surface area (Å²) in [7, 11) is 1.34. The second-order valence-electron chi connectivity index (χ2n) is 2.86. The van der Waals surface area contributed by atoms with Crippen LogP contribution in [0.15, 0.2) is 22.7 Å². The van der Waals surface area contributed by atoms with Crippen molar-refractivity contribution >= 4 is 44.5 Å². The van der Waals surface area contributed by atoms with Crippen LogP contribution in [0, 0.1) is 3.57 Å². The summed E-state index contributed by atoms with van der Waals surface area (Å²) in [5, 5.41) is 0. The first-order chi connectivity index (χ1) is 7.04. The monoisotopic (exact) mass is 384 g/mol. The molecule has 0 bridgehead atoms. The van der Waals surface area contributed by atoms with Crippen LogP contribution in [0.1, 0.15) is 6.92 Å². The molecule has 5 heteroatoms. The summed E-state index contributed by atoms with van der Waals surface area (Å²) >= 11 is 5.49. The number of halogens is 2. The highest BCUT2D eigenvalue weighted by Gasteiger charge is 2.16. The Kier molecular flexibility index (Phi) is 4.85. The lowest BCUT2D eigenvalue weighted by Gasteiger charge is -2.13. The molecule has 0 fully saturated rings. The highest BCUT2D eigenvalue weighted by Crippen LogP contribution is 2.26. The summed E-state index contributed by atoms with van der Waals surface area (Å²) in [4.78, 5) is 11.2. The topological polar surface area (TPSA) is 35.5 Å². The first-order valence-electron chi connectivity index (χ1n) is 4.24. The minimum Gasteiger partial charge on any atom is -0.478 e. The third-order valence-corrected chi connectivity index (χ3v) is 3.11. The van der Waals surface area contributed by atoms with Crippen molar-refractivity contribution in [3.8, 4) is 5.75 Å². The molecule has 0 saturated carbocycles. The average molecular weight is 385 g/mol. The summed E-state index contributed by atoms with van der Waals surface area (Å²) in [6.45, 7) is 1.66. The predicted molar refractivity (Wildman–Crippen MR) is 69.0 cm³/mol. The van der Waals surface area contributed by atoms with E-state index in [0.29, 0.717) is 5.75 Å². The summed E-state index contributed by atoms with van der Waals surface area (Å²) in [6.07, 6.45) is -0.599. The smallest absolute Gasteiger partial charge is 0.346 e. The van der Waals surface area contributed by atoms with Crippen molar-refractivity contribution in [3.05, 3.63) is 26.2 Å². The molecule has 0 N–H and O–H groups in total. The molecular formula is C10H10BrIO3. The summed E-state index contributed by atoms with van der Waals surface area (Å²) in [6, 6.07) is 5.64. The van der Waals surface area contributed by atoms with Gasteiger partial charge in [-0.25, -0.2) is 4.79 Å². The molecule has 0 aliphatic carbocycles. The molecule has 0 aliphatic rings. The number of carbonyl (C=O) groups excluding carboxylic acids is 1. The molecule has 0 heterocycles. The lowest BCUT2D eigenvalue weighted by Crippen LogP contribution is -2.25. The van der Waals surface area contributed by atoms with E-state index in [0.717, 1.165) is 8.04 Å². The Bertz CT molecular complexity index is 368. The number of benzene rings is 1. The molecule has 0 spiro atoms. The largest absolute Gasteiger partial charge is 0.478 e. The van der Waals surface area contributed by atoms with E-state index in [1.54, 1.807) is 6.92 Å². The maximum atomic E-state index is 11.2. The standard InChI is InChI=1S/C10H10BrIO3/c1-6(10(13)14-2)15-9-5-7(11)3-4-8(9)12/h3-6H,1-2H3. The van der Waals surface area contributed by atoms with Gasteiger partial charge in [-0.05, 0) is 47.7 Å². The van der Waals surface area contributed by atoms with Crippen molar-refractivity contribution in [2.24, 2.45) is 0 Å². The van der Waals surface area contributed by atoms with E-state index in [1.165, 1.54) is 7.11 Å². The zero-order valence-electron chi connectivity index (χ0n) is 8.29. The van der Waals surface area contributed by atoms with Crippen LogP contribution in [0.2, 0.25) is 0 Å². The van der Waals surface area contributed by atoms with Crippen LogP contribution < -0.4 is 4.74 Å². The fourth-order valence-electron chi connectivity index (χ4n) is 0.972. The fraction of sp³-hybridized carbons (Fsp3) is 0.300. The SMILES string of the molecule is COC(=O)C(C)Oc1cc(Br)ccc1I. The second-order valence-corrected chi connectivity index (χ2v) is 4.94. The molecule has 0 aliphatic heterocycles. The van der Waals surface area contributed by atoms with Crippen molar-refractivity contribution in [2.75, 3.05) is 7.11 Å². The Labute approximate surface area is 110 Å². The van der Waals surface area contributed by atoms with Gasteiger partial charge in [-0.15, -0.1) is 0 Å². The highest BCUT2D eigenvalue weighted by atomic mass is 127. The van der Waals surface area contributed by atoms with E-state index < -0.39 is 6.10 Å². The summed E-state index contributed by atoms with van der Waals surface area (Å²) in [5.41, 5.74) is 0. The second kappa shape index (κ2) is 5.69. The number of ether oxygens (including phenoxy) is 2. The number of hydrogen-bond donors (Lipinski definition) is 0. The van der Waals surface area contributed by atoms with E-state index in [1.807, 2.05) is 18.2 Å². The van der Waals surface area contributed by atoms with Crippen LogP contribution in [-0.4, -0.2) is 19.2 Å². The molecule has 82 valence electrons. The minimum atomic E-state index is -0.599. The fourth-order valence-corrected chi connectivity index (χ4v) is 1.77. The maximum absolute atomic E-state index is 11.2. The average Bonchev–Trinajstić information content (AvgIpc) is 2.22. The van der Waals surface area contributed by atoms with Gasteiger partial charge in [-0.1, -0.05) is 15.9 Å². The van der Waals surface area contributed by atoms with Crippen LogP contribution in [-0.2, 0) is 9.53 Å². The molecule has 3 nitrogen and oxygen atoms in total. The van der Waals surface area contributed by atoms with Crippen molar-refractivity contribution < 1.29 is 14.3 Å². The number of rotatable bonds is 3. The molecule has 1 aromatic rings. The Morgan fingerprint density at radius 3 is 2.80 bits per heavy atom. The third kappa shape index (κ3) is 3.64. The van der Waals surface area contributed by atoms with E-state index in [-0.39, 0.29) is 5.97 Å². The van der Waals surface area contributed by atoms with E-state index in [2.05, 4.69) is 43.3 Å². The lowest BCUT2D eigenvalue weighted by atomic mass is 10.3. The Hall–Kier alpha value is -0.300. The normalized spacial score (nSPS) is 12.0. The molecule has 1 unspecified atom stereocenters. The number of hydrogen-bond acceptors (Lipinski definition) is 3. The van der Waals surface area contributed by atoms with Gasteiger partial charge in [0.1, 0.15) is 5.75 Å². The van der Waals surface area contributed by atoms with Crippen LogP contribution >= 0.6 is 38.5 Å². The number of esters is 1. The van der Waals surface area contributed by atoms with E-state index in [4.69, 9.17) is 4.74 Å². The molecule has 1 rings (SSSR count). The zero-order valence-corrected chi connectivity index (χ0v) is 12.0. The van der Waals surface area contributed by atoms with Crippen LogP contribution in [0.5, 0.6) is 5.75 Å². The Morgan fingerprint density at radius 1 is 1.53 bits per heavy atom. The molecule has 15 heavy (non-hydrogen) atoms. The van der Waals surface area contributed by atoms with Crippen LogP contribution in [0.3, 0.4) is 0 Å². The van der Waals surface area contributed by atoms with Crippen molar-refractivity contribution in [2.45, 2.75) is 13.0 Å². The molecule has 1 atom stereocenters. The molecule has 0 aromatic heterocycles. The van der Waals surface area contributed by atoms with Gasteiger partial charge in [-0.2, -0.15) is 0 Å². The predicted octanol–water partition coefficient (Wildman–Crippen LogP) is 2.99. The zero-order chi connectivity index (χ0) is 11.4. The van der Waals surface area contributed by atoms with Gasteiger partial charge in [-0.3, -0.25) is 0 Å². The third-order valence-electron chi connectivity index (χ3n) is 1.73. The Morgan fingerprint density at radius 2 is 2.20 bits per heavy atom. The van der Waals surface area contributed by atoms with Gasteiger partial charge in [0.2, 0.25) is 0 Å².